The highest BCUT2D eigenvalue weighted by atomic mass is 35.5. The first-order valence-electron chi connectivity index (χ1n) is 9.53. The number of para-hydroxylation sites is 1. The molecule has 6 nitrogen and oxygen atoms in total. The summed E-state index contributed by atoms with van der Waals surface area (Å²) in [5.74, 6) is -0.113. The van der Waals surface area contributed by atoms with Gasteiger partial charge in [-0.25, -0.2) is 4.98 Å². The maximum Gasteiger partial charge on any atom is 0.258 e. The van der Waals surface area contributed by atoms with E-state index in [1.54, 1.807) is 24.4 Å². The van der Waals surface area contributed by atoms with Gasteiger partial charge in [-0.15, -0.1) is 0 Å². The predicted octanol–water partition coefficient (Wildman–Crippen LogP) is 5.86. The standard InChI is InChI=1S/C24H15ClN4O2/c25-18-9-3-1-8-16(18)21-14-23(31-29-21)28-24(30)17-13-22(20-11-5-6-12-26-20)27-19-10-4-2-7-15(17)19/h1-14H,(H,28,30). The number of pyridine rings is 2. The lowest BCUT2D eigenvalue weighted by Crippen LogP contribution is -2.12. The Labute approximate surface area is 182 Å². The van der Waals surface area contributed by atoms with E-state index in [4.69, 9.17) is 16.1 Å². The summed E-state index contributed by atoms with van der Waals surface area (Å²) in [6.07, 6.45) is 1.69. The zero-order valence-electron chi connectivity index (χ0n) is 16.1. The van der Waals surface area contributed by atoms with E-state index in [-0.39, 0.29) is 11.8 Å². The van der Waals surface area contributed by atoms with Gasteiger partial charge in [0.25, 0.3) is 5.91 Å². The first-order valence-corrected chi connectivity index (χ1v) is 9.91. The number of carbonyl (C=O) groups is 1. The second kappa shape index (κ2) is 8.01. The molecule has 0 saturated carbocycles. The highest BCUT2D eigenvalue weighted by Gasteiger charge is 2.17. The molecule has 0 bridgehead atoms. The molecule has 0 aliphatic rings. The average Bonchev–Trinajstić information content (AvgIpc) is 3.27. The molecule has 1 amide bonds. The van der Waals surface area contributed by atoms with Crippen LogP contribution in [0.2, 0.25) is 5.02 Å². The van der Waals surface area contributed by atoms with Crippen LogP contribution in [0.15, 0.2) is 89.6 Å². The third-order valence-corrected chi connectivity index (χ3v) is 5.11. The topological polar surface area (TPSA) is 80.9 Å². The van der Waals surface area contributed by atoms with E-state index in [2.05, 4.69) is 20.4 Å². The highest BCUT2D eigenvalue weighted by molar-refractivity contribution is 6.33. The van der Waals surface area contributed by atoms with E-state index < -0.39 is 0 Å². The Morgan fingerprint density at radius 3 is 2.52 bits per heavy atom. The lowest BCUT2D eigenvalue weighted by atomic mass is 10.1. The molecule has 0 radical (unpaired) electrons. The van der Waals surface area contributed by atoms with E-state index in [0.717, 1.165) is 10.9 Å². The van der Waals surface area contributed by atoms with E-state index in [1.165, 1.54) is 0 Å². The minimum Gasteiger partial charge on any atom is -0.338 e. The van der Waals surface area contributed by atoms with Gasteiger partial charge in [-0.05, 0) is 30.3 Å². The van der Waals surface area contributed by atoms with Crippen molar-refractivity contribution in [2.45, 2.75) is 0 Å². The van der Waals surface area contributed by atoms with Crippen LogP contribution in [0.25, 0.3) is 33.5 Å². The van der Waals surface area contributed by atoms with Gasteiger partial charge in [-0.2, -0.15) is 0 Å². The molecule has 7 heteroatoms. The molecule has 3 heterocycles. The summed E-state index contributed by atoms with van der Waals surface area (Å²) in [4.78, 5) is 22.2. The van der Waals surface area contributed by atoms with E-state index in [0.29, 0.717) is 33.2 Å². The van der Waals surface area contributed by atoms with Gasteiger partial charge in [0.05, 0.1) is 27.5 Å². The Morgan fingerprint density at radius 2 is 1.68 bits per heavy atom. The first kappa shape index (κ1) is 19.0. The van der Waals surface area contributed by atoms with Crippen LogP contribution in [0, 0.1) is 0 Å². The number of anilines is 1. The van der Waals surface area contributed by atoms with Gasteiger partial charge in [0.1, 0.15) is 5.69 Å². The van der Waals surface area contributed by atoms with Crippen molar-refractivity contribution in [1.29, 1.82) is 0 Å². The van der Waals surface area contributed by atoms with Crippen molar-refractivity contribution in [1.82, 2.24) is 15.1 Å². The molecule has 2 aromatic carbocycles. The molecule has 0 fully saturated rings. The van der Waals surface area contributed by atoms with Crippen molar-refractivity contribution in [3.63, 3.8) is 0 Å². The summed E-state index contributed by atoms with van der Waals surface area (Å²) in [7, 11) is 0. The smallest absolute Gasteiger partial charge is 0.258 e. The minimum atomic E-state index is -0.336. The van der Waals surface area contributed by atoms with Crippen LogP contribution in [0.5, 0.6) is 0 Å². The van der Waals surface area contributed by atoms with Crippen molar-refractivity contribution >= 4 is 34.3 Å². The van der Waals surface area contributed by atoms with Crippen LogP contribution < -0.4 is 5.32 Å². The van der Waals surface area contributed by atoms with E-state index in [9.17, 15) is 4.79 Å². The number of benzene rings is 2. The molecule has 1 N–H and O–H groups in total. The Kier molecular flexibility index (Phi) is 4.90. The molecule has 5 rings (SSSR count). The van der Waals surface area contributed by atoms with Gasteiger partial charge >= 0.3 is 0 Å². The Morgan fingerprint density at radius 1 is 0.871 bits per heavy atom. The zero-order valence-corrected chi connectivity index (χ0v) is 16.9. The molecule has 3 aromatic heterocycles. The van der Waals surface area contributed by atoms with E-state index in [1.807, 2.05) is 60.7 Å². The molecule has 150 valence electrons. The lowest BCUT2D eigenvalue weighted by molar-refractivity contribution is 0.102. The molecule has 0 aliphatic carbocycles. The zero-order chi connectivity index (χ0) is 21.2. The summed E-state index contributed by atoms with van der Waals surface area (Å²) in [6, 6.07) is 23.7. The summed E-state index contributed by atoms with van der Waals surface area (Å²) in [5, 5.41) is 8.08. The fourth-order valence-corrected chi connectivity index (χ4v) is 3.55. The third-order valence-electron chi connectivity index (χ3n) is 4.78. The number of fused-ring (bicyclic) bond motifs is 1. The maximum atomic E-state index is 13.2. The Bertz CT molecular complexity index is 1400. The van der Waals surface area contributed by atoms with Crippen molar-refractivity contribution < 1.29 is 9.32 Å². The molecule has 0 unspecified atom stereocenters. The third kappa shape index (κ3) is 3.76. The molecule has 0 spiro atoms. The summed E-state index contributed by atoms with van der Waals surface area (Å²) >= 11 is 6.23. The number of halogens is 1. The predicted molar refractivity (Wildman–Crippen MR) is 120 cm³/mol. The number of hydrogen-bond donors (Lipinski definition) is 1. The minimum absolute atomic E-state index is 0.222. The van der Waals surface area contributed by atoms with Gasteiger partial charge in [0.15, 0.2) is 0 Å². The summed E-state index contributed by atoms with van der Waals surface area (Å²) in [6.45, 7) is 0. The monoisotopic (exact) mass is 426 g/mol. The number of hydrogen-bond acceptors (Lipinski definition) is 5. The number of nitrogens with zero attached hydrogens (tertiary/aromatic N) is 3. The maximum absolute atomic E-state index is 13.2. The number of aromatic nitrogens is 3. The van der Waals surface area contributed by atoms with Gasteiger partial charge in [0, 0.05) is 23.2 Å². The summed E-state index contributed by atoms with van der Waals surface area (Å²) < 4.78 is 5.32. The largest absolute Gasteiger partial charge is 0.338 e. The Balaban J connectivity index is 1.51. The molecule has 5 aromatic rings. The van der Waals surface area contributed by atoms with Gasteiger partial charge in [-0.1, -0.05) is 59.2 Å². The van der Waals surface area contributed by atoms with Gasteiger partial charge in [-0.3, -0.25) is 15.1 Å². The molecule has 0 saturated heterocycles. The fourth-order valence-electron chi connectivity index (χ4n) is 3.32. The molecular weight excluding hydrogens is 412 g/mol. The molecule has 31 heavy (non-hydrogen) atoms. The molecule has 0 aliphatic heterocycles. The van der Waals surface area contributed by atoms with Crippen LogP contribution in [0.1, 0.15) is 10.4 Å². The van der Waals surface area contributed by atoms with Gasteiger partial charge < -0.3 is 4.52 Å². The number of carbonyl (C=O) groups excluding carboxylic acids is 1. The first-order chi connectivity index (χ1) is 15.2. The van der Waals surface area contributed by atoms with Crippen LogP contribution in [-0.4, -0.2) is 21.0 Å². The highest BCUT2D eigenvalue weighted by Crippen LogP contribution is 2.29. The van der Waals surface area contributed by atoms with Crippen molar-refractivity contribution in [2.24, 2.45) is 0 Å². The van der Waals surface area contributed by atoms with Crippen LogP contribution >= 0.6 is 11.6 Å². The number of rotatable bonds is 4. The van der Waals surface area contributed by atoms with E-state index >= 15 is 0 Å². The number of nitrogens with one attached hydrogen (secondary N) is 1. The molecular formula is C24H15ClN4O2. The van der Waals surface area contributed by atoms with Crippen LogP contribution in [0.4, 0.5) is 5.88 Å². The Hall–Kier alpha value is -4.03. The SMILES string of the molecule is O=C(Nc1cc(-c2ccccc2Cl)no1)c1cc(-c2ccccn2)nc2ccccc12. The van der Waals surface area contributed by atoms with Crippen LogP contribution in [0.3, 0.4) is 0 Å². The van der Waals surface area contributed by atoms with Crippen molar-refractivity contribution in [3.8, 4) is 22.6 Å². The number of amides is 1. The van der Waals surface area contributed by atoms with Gasteiger partial charge in [0.2, 0.25) is 5.88 Å². The second-order valence-corrected chi connectivity index (χ2v) is 7.20. The lowest BCUT2D eigenvalue weighted by Gasteiger charge is -2.09. The second-order valence-electron chi connectivity index (χ2n) is 6.80. The van der Waals surface area contributed by atoms with Crippen molar-refractivity contribution in [3.05, 3.63) is 95.6 Å². The molecule has 0 atom stereocenters. The quantitative estimate of drug-likeness (QED) is 0.389. The van der Waals surface area contributed by atoms with Crippen molar-refractivity contribution in [2.75, 3.05) is 5.32 Å². The fraction of sp³-hybridized carbons (Fsp3) is 0. The van der Waals surface area contributed by atoms with Crippen LogP contribution in [-0.2, 0) is 0 Å². The normalized spacial score (nSPS) is 10.9. The summed E-state index contributed by atoms with van der Waals surface area (Å²) in [5.41, 5.74) is 3.71. The average molecular weight is 427 g/mol.